The molecule has 3 nitrogen and oxygen atoms in total. The predicted octanol–water partition coefficient (Wildman–Crippen LogP) is 1.63. The van der Waals surface area contributed by atoms with E-state index < -0.39 is 0 Å². The molecule has 1 heterocycles. The maximum Gasteiger partial charge on any atom is 0.266 e. The van der Waals surface area contributed by atoms with Crippen molar-refractivity contribution in [2.75, 3.05) is 5.33 Å². The van der Waals surface area contributed by atoms with E-state index in [1.165, 1.54) is 0 Å². The highest BCUT2D eigenvalue weighted by molar-refractivity contribution is 14.1. The lowest BCUT2D eigenvalue weighted by molar-refractivity contribution is 0.642. The van der Waals surface area contributed by atoms with Gasteiger partial charge in [-0.25, -0.2) is 4.98 Å². The zero-order valence-corrected chi connectivity index (χ0v) is 10.1. The molecule has 0 spiro atoms. The molecule has 0 amide bonds. The van der Waals surface area contributed by atoms with Gasteiger partial charge in [-0.2, -0.15) is 0 Å². The van der Waals surface area contributed by atoms with Crippen molar-refractivity contribution in [3.05, 3.63) is 26.4 Å². The summed E-state index contributed by atoms with van der Waals surface area (Å²) in [7, 11) is 0. The number of hydrogen-bond acceptors (Lipinski definition) is 2. The third-order valence-electron chi connectivity index (χ3n) is 1.39. The van der Waals surface area contributed by atoms with Gasteiger partial charge < -0.3 is 0 Å². The van der Waals surface area contributed by atoms with Gasteiger partial charge in [0.1, 0.15) is 0 Å². The number of nitrogens with zero attached hydrogens (tertiary/aromatic N) is 2. The molecule has 1 aromatic rings. The van der Waals surface area contributed by atoms with Crippen LogP contribution >= 0.6 is 38.5 Å². The number of halogens is 2. The van der Waals surface area contributed by atoms with Crippen LogP contribution in [0.2, 0.25) is 0 Å². The first kappa shape index (κ1) is 10.2. The molecule has 1 rings (SSSR count). The van der Waals surface area contributed by atoms with Gasteiger partial charge in [0, 0.05) is 18.1 Å². The summed E-state index contributed by atoms with van der Waals surface area (Å²) in [5.41, 5.74) is 0.0477. The van der Waals surface area contributed by atoms with Gasteiger partial charge >= 0.3 is 0 Å². The molecule has 0 aliphatic carbocycles. The van der Waals surface area contributed by atoms with Gasteiger partial charge in [-0.3, -0.25) is 9.36 Å². The van der Waals surface area contributed by atoms with Crippen molar-refractivity contribution in [3.8, 4) is 0 Å². The molecule has 0 atom stereocenters. The molecule has 0 aliphatic rings. The standard InChI is InChI=1S/C7H8BrIN2O/c8-2-1-3-11-5-10-4-6(9)7(11)12/h4-5H,1-3H2. The van der Waals surface area contributed by atoms with E-state index in [9.17, 15) is 4.79 Å². The maximum atomic E-state index is 11.4. The lowest BCUT2D eigenvalue weighted by atomic mass is 10.5. The SMILES string of the molecule is O=c1c(I)cncn1CCCBr. The van der Waals surface area contributed by atoms with Gasteiger partial charge in [-0.05, 0) is 29.0 Å². The van der Waals surface area contributed by atoms with Crippen LogP contribution < -0.4 is 5.56 Å². The number of aromatic nitrogens is 2. The number of aryl methyl sites for hydroxylation is 1. The first-order valence-corrected chi connectivity index (χ1v) is 5.71. The normalized spacial score (nSPS) is 10.2. The molecule has 0 bridgehead atoms. The Labute approximate surface area is 92.5 Å². The van der Waals surface area contributed by atoms with Crippen LogP contribution in [0, 0.1) is 3.57 Å². The Morgan fingerprint density at radius 3 is 3.08 bits per heavy atom. The Balaban J connectivity index is 2.85. The number of alkyl halides is 1. The summed E-state index contributed by atoms with van der Waals surface area (Å²) in [5, 5.41) is 0.908. The van der Waals surface area contributed by atoms with Crippen molar-refractivity contribution < 1.29 is 0 Å². The fourth-order valence-corrected chi connectivity index (χ4v) is 1.53. The smallest absolute Gasteiger partial charge is 0.266 e. The molecule has 12 heavy (non-hydrogen) atoms. The lowest BCUT2D eigenvalue weighted by Gasteiger charge is -2.02. The second kappa shape index (κ2) is 4.96. The van der Waals surface area contributed by atoms with E-state index in [1.807, 2.05) is 22.6 Å². The first-order valence-electron chi connectivity index (χ1n) is 3.51. The maximum absolute atomic E-state index is 11.4. The third kappa shape index (κ3) is 2.55. The Morgan fingerprint density at radius 2 is 2.42 bits per heavy atom. The fraction of sp³-hybridized carbons (Fsp3) is 0.429. The average Bonchev–Trinajstić information content (AvgIpc) is 2.08. The van der Waals surface area contributed by atoms with Crippen LogP contribution in [0.15, 0.2) is 17.3 Å². The van der Waals surface area contributed by atoms with E-state index in [-0.39, 0.29) is 5.56 Å². The van der Waals surface area contributed by atoms with Crippen LogP contribution in [0.1, 0.15) is 6.42 Å². The van der Waals surface area contributed by atoms with Gasteiger partial charge in [0.25, 0.3) is 5.56 Å². The van der Waals surface area contributed by atoms with E-state index >= 15 is 0 Å². The summed E-state index contributed by atoms with van der Waals surface area (Å²) in [5.74, 6) is 0. The lowest BCUT2D eigenvalue weighted by Crippen LogP contribution is -2.22. The second-order valence-electron chi connectivity index (χ2n) is 2.28. The van der Waals surface area contributed by atoms with Crippen molar-refractivity contribution in [1.82, 2.24) is 9.55 Å². The second-order valence-corrected chi connectivity index (χ2v) is 4.24. The third-order valence-corrected chi connectivity index (χ3v) is 2.69. The van der Waals surface area contributed by atoms with Crippen molar-refractivity contribution in [2.24, 2.45) is 0 Å². The van der Waals surface area contributed by atoms with E-state index in [1.54, 1.807) is 17.1 Å². The molecule has 5 heteroatoms. The molecule has 1 aromatic heterocycles. The Morgan fingerprint density at radius 1 is 1.67 bits per heavy atom. The summed E-state index contributed by atoms with van der Waals surface area (Å²) >= 11 is 5.31. The molecule has 0 saturated carbocycles. The summed E-state index contributed by atoms with van der Waals surface area (Å²) in [6.07, 6.45) is 4.10. The topological polar surface area (TPSA) is 34.9 Å². The van der Waals surface area contributed by atoms with E-state index in [4.69, 9.17) is 0 Å². The van der Waals surface area contributed by atoms with Crippen LogP contribution in [0.5, 0.6) is 0 Å². The number of hydrogen-bond donors (Lipinski definition) is 0. The highest BCUT2D eigenvalue weighted by atomic mass is 127. The molecule has 66 valence electrons. The number of rotatable bonds is 3. The van der Waals surface area contributed by atoms with E-state index in [0.717, 1.165) is 18.3 Å². The van der Waals surface area contributed by atoms with Gasteiger partial charge in [0.15, 0.2) is 0 Å². The minimum atomic E-state index is 0.0477. The summed E-state index contributed by atoms with van der Waals surface area (Å²) < 4.78 is 2.30. The predicted molar refractivity (Wildman–Crippen MR) is 59.6 cm³/mol. The summed E-state index contributed by atoms with van der Waals surface area (Å²) in [6.45, 7) is 0.730. The minimum Gasteiger partial charge on any atom is -0.298 e. The van der Waals surface area contributed by atoms with Gasteiger partial charge in [0.05, 0.1) is 9.90 Å². The summed E-state index contributed by atoms with van der Waals surface area (Å²) in [6, 6.07) is 0. The van der Waals surface area contributed by atoms with Crippen LogP contribution in [-0.2, 0) is 6.54 Å². The molecule has 0 fully saturated rings. The van der Waals surface area contributed by atoms with Gasteiger partial charge in [-0.15, -0.1) is 0 Å². The highest BCUT2D eigenvalue weighted by Gasteiger charge is 1.98. The highest BCUT2D eigenvalue weighted by Crippen LogP contribution is 1.95. The van der Waals surface area contributed by atoms with Crippen molar-refractivity contribution in [1.29, 1.82) is 0 Å². The molecular formula is C7H8BrIN2O. The largest absolute Gasteiger partial charge is 0.298 e. The summed E-state index contributed by atoms with van der Waals surface area (Å²) in [4.78, 5) is 15.3. The van der Waals surface area contributed by atoms with Crippen LogP contribution in [0.4, 0.5) is 0 Å². The van der Waals surface area contributed by atoms with Crippen molar-refractivity contribution in [2.45, 2.75) is 13.0 Å². The Kier molecular flexibility index (Phi) is 4.20. The van der Waals surface area contributed by atoms with Crippen LogP contribution in [0.25, 0.3) is 0 Å². The molecule has 0 saturated heterocycles. The Hall–Kier alpha value is 0.0900. The zero-order chi connectivity index (χ0) is 8.97. The van der Waals surface area contributed by atoms with E-state index in [0.29, 0.717) is 3.57 Å². The van der Waals surface area contributed by atoms with Crippen LogP contribution in [0.3, 0.4) is 0 Å². The molecule has 0 aromatic carbocycles. The molecule has 0 N–H and O–H groups in total. The van der Waals surface area contributed by atoms with Gasteiger partial charge in [0.2, 0.25) is 0 Å². The fourth-order valence-electron chi connectivity index (χ4n) is 0.813. The van der Waals surface area contributed by atoms with Gasteiger partial charge in [-0.1, -0.05) is 15.9 Å². The Bertz CT molecular complexity index is 313. The average molecular weight is 343 g/mol. The molecule has 0 radical (unpaired) electrons. The monoisotopic (exact) mass is 342 g/mol. The van der Waals surface area contributed by atoms with Crippen molar-refractivity contribution in [3.63, 3.8) is 0 Å². The van der Waals surface area contributed by atoms with E-state index in [2.05, 4.69) is 20.9 Å². The molecule has 0 unspecified atom stereocenters. The first-order chi connectivity index (χ1) is 5.75. The van der Waals surface area contributed by atoms with Crippen LogP contribution in [-0.4, -0.2) is 14.9 Å². The zero-order valence-electron chi connectivity index (χ0n) is 6.33. The molecule has 0 aliphatic heterocycles. The quantitative estimate of drug-likeness (QED) is 0.618. The molecular weight excluding hydrogens is 335 g/mol. The minimum absolute atomic E-state index is 0.0477. The van der Waals surface area contributed by atoms with Crippen molar-refractivity contribution >= 4 is 38.5 Å².